The van der Waals surface area contributed by atoms with Crippen LogP contribution >= 0.6 is 27.3 Å². The highest BCUT2D eigenvalue weighted by Crippen LogP contribution is 2.47. The van der Waals surface area contributed by atoms with E-state index in [4.69, 9.17) is 0 Å². The number of thiophene rings is 1. The van der Waals surface area contributed by atoms with Crippen LogP contribution in [0.1, 0.15) is 24.9 Å². The fraction of sp³-hybridized carbons (Fsp3) is 0.333. The molecule has 3 nitrogen and oxygen atoms in total. The third-order valence-electron chi connectivity index (χ3n) is 3.87. The molecule has 1 saturated carbocycles. The molecule has 1 aromatic heterocycles. The standard InChI is InChI=1S/C15H16BrNO2S2/c1-10-9-12(10)14(11-5-3-2-4-6-11)17-21(18,19)15-13(16)7-8-20-15/h2-8,10,12,14,17H,9H2,1H3. The van der Waals surface area contributed by atoms with Crippen LogP contribution in [-0.4, -0.2) is 8.42 Å². The predicted octanol–water partition coefficient (Wildman–Crippen LogP) is 4.19. The minimum atomic E-state index is -3.50. The minimum absolute atomic E-state index is 0.153. The van der Waals surface area contributed by atoms with Crippen molar-refractivity contribution in [3.63, 3.8) is 0 Å². The van der Waals surface area contributed by atoms with Crippen molar-refractivity contribution in [3.05, 3.63) is 51.8 Å². The first-order valence-electron chi connectivity index (χ1n) is 6.79. The number of benzene rings is 1. The molecule has 0 amide bonds. The van der Waals surface area contributed by atoms with Gasteiger partial charge >= 0.3 is 0 Å². The second-order valence-electron chi connectivity index (χ2n) is 5.44. The Balaban J connectivity index is 1.91. The molecule has 1 N–H and O–H groups in total. The van der Waals surface area contributed by atoms with Gasteiger partial charge in [-0.15, -0.1) is 11.3 Å². The highest BCUT2D eigenvalue weighted by atomic mass is 79.9. The Labute approximate surface area is 137 Å². The lowest BCUT2D eigenvalue weighted by molar-refractivity contribution is 0.514. The second kappa shape index (κ2) is 5.83. The number of rotatable bonds is 5. The van der Waals surface area contributed by atoms with E-state index in [0.717, 1.165) is 12.0 Å². The van der Waals surface area contributed by atoms with E-state index < -0.39 is 10.0 Å². The molecule has 112 valence electrons. The van der Waals surface area contributed by atoms with Crippen LogP contribution in [0.15, 0.2) is 50.5 Å². The lowest BCUT2D eigenvalue weighted by Gasteiger charge is -2.19. The summed E-state index contributed by atoms with van der Waals surface area (Å²) in [6.45, 7) is 2.16. The molecule has 1 heterocycles. The maximum Gasteiger partial charge on any atom is 0.251 e. The zero-order valence-electron chi connectivity index (χ0n) is 11.5. The summed E-state index contributed by atoms with van der Waals surface area (Å²) in [5.74, 6) is 0.936. The summed E-state index contributed by atoms with van der Waals surface area (Å²) in [5, 5.41) is 1.77. The predicted molar refractivity (Wildman–Crippen MR) is 88.8 cm³/mol. The van der Waals surface area contributed by atoms with Gasteiger partial charge in [0.1, 0.15) is 4.21 Å². The summed E-state index contributed by atoms with van der Waals surface area (Å²) >= 11 is 4.53. The quantitative estimate of drug-likeness (QED) is 0.838. The Morgan fingerprint density at radius 1 is 1.29 bits per heavy atom. The van der Waals surface area contributed by atoms with Gasteiger partial charge < -0.3 is 0 Å². The Hall–Kier alpha value is -0.690. The fourth-order valence-corrected chi connectivity index (χ4v) is 6.20. The molecule has 1 fully saturated rings. The molecule has 6 heteroatoms. The van der Waals surface area contributed by atoms with Crippen molar-refractivity contribution < 1.29 is 8.42 Å². The Kier molecular flexibility index (Phi) is 4.23. The van der Waals surface area contributed by atoms with E-state index in [0.29, 0.717) is 20.5 Å². The van der Waals surface area contributed by atoms with Gasteiger partial charge in [0.05, 0.1) is 6.04 Å². The van der Waals surface area contributed by atoms with Gasteiger partial charge in [-0.05, 0) is 51.2 Å². The number of sulfonamides is 1. The summed E-state index contributed by atoms with van der Waals surface area (Å²) in [4.78, 5) is 0. The van der Waals surface area contributed by atoms with Crippen LogP contribution in [0, 0.1) is 11.8 Å². The molecule has 0 radical (unpaired) electrons. The molecule has 1 aromatic carbocycles. The Morgan fingerprint density at radius 3 is 2.48 bits per heavy atom. The number of hydrogen-bond donors (Lipinski definition) is 1. The van der Waals surface area contributed by atoms with E-state index in [1.165, 1.54) is 11.3 Å². The van der Waals surface area contributed by atoms with Crippen molar-refractivity contribution in [2.24, 2.45) is 11.8 Å². The van der Waals surface area contributed by atoms with Crippen LogP contribution in [0.2, 0.25) is 0 Å². The molecule has 3 atom stereocenters. The summed E-state index contributed by atoms with van der Waals surface area (Å²) in [6.07, 6.45) is 1.06. The molecule has 3 unspecified atom stereocenters. The van der Waals surface area contributed by atoms with Crippen molar-refractivity contribution in [1.82, 2.24) is 4.72 Å². The van der Waals surface area contributed by atoms with Crippen molar-refractivity contribution in [2.45, 2.75) is 23.6 Å². The normalized spacial score (nSPS) is 23.0. The van der Waals surface area contributed by atoms with Crippen molar-refractivity contribution in [1.29, 1.82) is 0 Å². The van der Waals surface area contributed by atoms with Gasteiger partial charge in [-0.3, -0.25) is 0 Å². The number of halogens is 1. The van der Waals surface area contributed by atoms with Crippen LogP contribution in [0.3, 0.4) is 0 Å². The summed E-state index contributed by atoms with van der Waals surface area (Å²) in [7, 11) is -3.50. The smallest absolute Gasteiger partial charge is 0.206 e. The third-order valence-corrected chi connectivity index (χ3v) is 7.98. The highest BCUT2D eigenvalue weighted by molar-refractivity contribution is 9.10. The summed E-state index contributed by atoms with van der Waals surface area (Å²) < 4.78 is 29.1. The van der Waals surface area contributed by atoms with Gasteiger partial charge in [0.25, 0.3) is 10.0 Å². The first-order chi connectivity index (χ1) is 9.99. The van der Waals surface area contributed by atoms with E-state index in [1.54, 1.807) is 11.4 Å². The maximum atomic E-state index is 12.6. The maximum absolute atomic E-state index is 12.6. The average molecular weight is 386 g/mol. The molecular weight excluding hydrogens is 370 g/mol. The molecular formula is C15H16BrNO2S2. The van der Waals surface area contributed by atoms with Crippen molar-refractivity contribution >= 4 is 37.3 Å². The van der Waals surface area contributed by atoms with E-state index in [-0.39, 0.29) is 6.04 Å². The van der Waals surface area contributed by atoms with Crippen molar-refractivity contribution in [2.75, 3.05) is 0 Å². The van der Waals surface area contributed by atoms with Crippen LogP contribution in [0.5, 0.6) is 0 Å². The zero-order chi connectivity index (χ0) is 15.0. The lowest BCUT2D eigenvalue weighted by Crippen LogP contribution is -2.30. The van der Waals surface area contributed by atoms with Gasteiger partial charge in [0, 0.05) is 4.47 Å². The van der Waals surface area contributed by atoms with E-state index in [9.17, 15) is 8.42 Å². The third kappa shape index (κ3) is 3.23. The zero-order valence-corrected chi connectivity index (χ0v) is 14.7. The van der Waals surface area contributed by atoms with Crippen LogP contribution < -0.4 is 4.72 Å². The molecule has 0 saturated heterocycles. The van der Waals surface area contributed by atoms with E-state index >= 15 is 0 Å². The summed E-state index contributed by atoms with van der Waals surface area (Å²) in [6, 6.07) is 11.4. The van der Waals surface area contributed by atoms with E-state index in [2.05, 4.69) is 27.6 Å². The topological polar surface area (TPSA) is 46.2 Å². The first-order valence-corrected chi connectivity index (χ1v) is 9.95. The van der Waals surface area contributed by atoms with Crippen molar-refractivity contribution in [3.8, 4) is 0 Å². The molecule has 1 aliphatic rings. The number of nitrogens with one attached hydrogen (secondary N) is 1. The molecule has 2 aromatic rings. The SMILES string of the molecule is CC1CC1C(NS(=O)(=O)c1sccc1Br)c1ccccc1. The molecule has 0 spiro atoms. The van der Waals surface area contributed by atoms with Gasteiger partial charge in [0.2, 0.25) is 0 Å². The minimum Gasteiger partial charge on any atom is -0.206 e. The number of hydrogen-bond acceptors (Lipinski definition) is 3. The van der Waals surface area contributed by atoms with Gasteiger partial charge in [-0.1, -0.05) is 37.3 Å². The van der Waals surface area contributed by atoms with Crippen LogP contribution in [0.25, 0.3) is 0 Å². The molecule has 3 rings (SSSR count). The summed E-state index contributed by atoms with van der Waals surface area (Å²) in [5.41, 5.74) is 1.03. The lowest BCUT2D eigenvalue weighted by atomic mass is 10.0. The Morgan fingerprint density at radius 2 is 1.95 bits per heavy atom. The molecule has 0 bridgehead atoms. The molecule has 1 aliphatic carbocycles. The van der Waals surface area contributed by atoms with Gasteiger partial charge in [-0.2, -0.15) is 0 Å². The highest BCUT2D eigenvalue weighted by Gasteiger charge is 2.42. The van der Waals surface area contributed by atoms with Gasteiger partial charge in [-0.25, -0.2) is 13.1 Å². The van der Waals surface area contributed by atoms with Gasteiger partial charge in [0.15, 0.2) is 0 Å². The fourth-order valence-electron chi connectivity index (χ4n) is 2.57. The Bertz CT molecular complexity index is 727. The second-order valence-corrected chi connectivity index (χ2v) is 9.12. The van der Waals surface area contributed by atoms with E-state index in [1.807, 2.05) is 30.3 Å². The van der Waals surface area contributed by atoms with Crippen LogP contribution in [-0.2, 0) is 10.0 Å². The molecule has 21 heavy (non-hydrogen) atoms. The largest absolute Gasteiger partial charge is 0.251 e. The monoisotopic (exact) mass is 385 g/mol. The first kappa shape index (κ1) is 15.2. The molecule has 0 aliphatic heterocycles. The van der Waals surface area contributed by atoms with Crippen LogP contribution in [0.4, 0.5) is 0 Å². The average Bonchev–Trinajstić information content (AvgIpc) is 3.00.